The molecule has 0 unspecified atom stereocenters. The lowest BCUT2D eigenvalue weighted by atomic mass is 9.86. The summed E-state index contributed by atoms with van der Waals surface area (Å²) in [6, 6.07) is 4.37. The third-order valence-corrected chi connectivity index (χ3v) is 4.30. The second-order valence-corrected chi connectivity index (χ2v) is 6.29. The lowest BCUT2D eigenvalue weighted by Gasteiger charge is -2.36. The molecule has 1 aliphatic rings. The van der Waals surface area contributed by atoms with E-state index in [1.54, 1.807) is 6.07 Å². The van der Waals surface area contributed by atoms with Gasteiger partial charge >= 0.3 is 5.97 Å². The van der Waals surface area contributed by atoms with Crippen molar-refractivity contribution in [1.29, 1.82) is 0 Å². The molecular weight excluding hydrogens is 357 g/mol. The Hall–Kier alpha value is -1.47. The lowest BCUT2D eigenvalue weighted by Crippen LogP contribution is -2.53. The van der Waals surface area contributed by atoms with Gasteiger partial charge in [0.15, 0.2) is 0 Å². The summed E-state index contributed by atoms with van der Waals surface area (Å²) < 4.78 is 18.7. The molecule has 0 saturated carbocycles. The van der Waals surface area contributed by atoms with Crippen molar-refractivity contribution in [2.75, 3.05) is 13.2 Å². The zero-order valence-corrected chi connectivity index (χ0v) is 13.5. The third kappa shape index (κ3) is 4.51. The molecule has 1 aromatic rings. The third-order valence-electron chi connectivity index (χ3n) is 3.69. The molecule has 7 heteroatoms. The van der Waals surface area contributed by atoms with Crippen LogP contribution in [0.15, 0.2) is 22.7 Å². The minimum Gasteiger partial charge on any atom is -0.481 e. The van der Waals surface area contributed by atoms with Crippen molar-refractivity contribution >= 4 is 27.8 Å². The zero-order chi connectivity index (χ0) is 16.2. The number of carboxylic acid groups (broad SMARTS) is 1. The molecule has 0 radical (unpaired) electrons. The van der Waals surface area contributed by atoms with Gasteiger partial charge in [0.1, 0.15) is 5.82 Å². The van der Waals surface area contributed by atoms with Crippen molar-refractivity contribution in [3.8, 4) is 0 Å². The summed E-state index contributed by atoms with van der Waals surface area (Å²) in [6.07, 6.45) is 0.882. The maximum atomic E-state index is 13.2. The van der Waals surface area contributed by atoms with E-state index >= 15 is 0 Å². The van der Waals surface area contributed by atoms with E-state index in [0.29, 0.717) is 36.1 Å². The fourth-order valence-electron chi connectivity index (χ4n) is 2.57. The number of nitrogens with one attached hydrogen (secondary N) is 1. The Kier molecular flexibility index (Phi) is 5.52. The van der Waals surface area contributed by atoms with Gasteiger partial charge in [0.2, 0.25) is 5.91 Å². The number of rotatable bonds is 5. The number of carbonyl (C=O) groups excluding carboxylic acids is 1. The molecule has 0 atom stereocenters. The zero-order valence-electron chi connectivity index (χ0n) is 11.9. The summed E-state index contributed by atoms with van der Waals surface area (Å²) in [5.74, 6) is -1.62. The number of hydrogen-bond donors (Lipinski definition) is 2. The van der Waals surface area contributed by atoms with Gasteiger partial charge in [-0.3, -0.25) is 9.59 Å². The summed E-state index contributed by atoms with van der Waals surface area (Å²) in [5, 5.41) is 11.9. The molecule has 1 aliphatic heterocycles. The minimum atomic E-state index is -0.952. The summed E-state index contributed by atoms with van der Waals surface area (Å²) in [6.45, 7) is 0.852. The molecule has 2 rings (SSSR count). The highest BCUT2D eigenvalue weighted by Crippen LogP contribution is 2.25. The molecule has 1 fully saturated rings. The monoisotopic (exact) mass is 373 g/mol. The van der Waals surface area contributed by atoms with Crippen molar-refractivity contribution in [2.45, 2.75) is 31.2 Å². The molecule has 0 aliphatic carbocycles. The van der Waals surface area contributed by atoms with Crippen molar-refractivity contribution in [2.24, 2.45) is 0 Å². The first kappa shape index (κ1) is 16.9. The second kappa shape index (κ2) is 7.19. The molecule has 22 heavy (non-hydrogen) atoms. The molecule has 0 bridgehead atoms. The van der Waals surface area contributed by atoms with Crippen LogP contribution in [0.1, 0.15) is 24.8 Å². The minimum absolute atomic E-state index is 0.0705. The predicted molar refractivity (Wildman–Crippen MR) is 81.0 cm³/mol. The van der Waals surface area contributed by atoms with Crippen LogP contribution in [-0.2, 0) is 20.7 Å². The molecule has 1 amide bonds. The Balaban J connectivity index is 2.04. The molecule has 0 spiro atoms. The highest BCUT2D eigenvalue weighted by molar-refractivity contribution is 9.10. The summed E-state index contributed by atoms with van der Waals surface area (Å²) in [4.78, 5) is 23.3. The van der Waals surface area contributed by atoms with Gasteiger partial charge in [0.05, 0.1) is 22.9 Å². The maximum absolute atomic E-state index is 13.2. The van der Waals surface area contributed by atoms with Gasteiger partial charge in [0.25, 0.3) is 0 Å². The molecule has 5 nitrogen and oxygen atoms in total. The van der Waals surface area contributed by atoms with E-state index in [-0.39, 0.29) is 18.7 Å². The van der Waals surface area contributed by atoms with Crippen molar-refractivity contribution in [3.63, 3.8) is 0 Å². The van der Waals surface area contributed by atoms with Crippen LogP contribution in [0.25, 0.3) is 0 Å². The fraction of sp³-hybridized carbons (Fsp3) is 0.467. The first-order valence-electron chi connectivity index (χ1n) is 6.95. The smallest absolute Gasteiger partial charge is 0.305 e. The van der Waals surface area contributed by atoms with Crippen molar-refractivity contribution in [3.05, 3.63) is 34.1 Å². The van der Waals surface area contributed by atoms with E-state index < -0.39 is 17.3 Å². The first-order chi connectivity index (χ1) is 10.4. The van der Waals surface area contributed by atoms with E-state index in [1.807, 2.05) is 0 Å². The van der Waals surface area contributed by atoms with Gasteiger partial charge in [-0.25, -0.2) is 4.39 Å². The Morgan fingerprint density at radius 3 is 2.64 bits per heavy atom. The van der Waals surface area contributed by atoms with Gasteiger partial charge in [-0.15, -0.1) is 0 Å². The number of ether oxygens (including phenoxy) is 1. The Morgan fingerprint density at radius 1 is 1.36 bits per heavy atom. The second-order valence-electron chi connectivity index (χ2n) is 5.44. The van der Waals surface area contributed by atoms with Gasteiger partial charge in [-0.2, -0.15) is 0 Å². The standard InChI is InChI=1S/C15H17BrFNO4/c16-11-7-10(1-2-12(11)17)8-13(19)18-15(9-14(20)21)3-5-22-6-4-15/h1-2,7H,3-6,8-9H2,(H,18,19)(H,20,21). The summed E-state index contributed by atoms with van der Waals surface area (Å²) >= 11 is 3.08. The number of aliphatic carboxylic acids is 1. The Morgan fingerprint density at radius 2 is 2.05 bits per heavy atom. The molecule has 1 heterocycles. The maximum Gasteiger partial charge on any atom is 0.305 e. The number of carboxylic acids is 1. The molecule has 1 saturated heterocycles. The highest BCUT2D eigenvalue weighted by atomic mass is 79.9. The molecule has 0 aromatic heterocycles. The SMILES string of the molecule is O=C(O)CC1(NC(=O)Cc2ccc(F)c(Br)c2)CCOCC1. The topological polar surface area (TPSA) is 75.6 Å². The van der Waals surface area contributed by atoms with E-state index in [4.69, 9.17) is 9.84 Å². The Labute approximate surface area is 136 Å². The number of benzene rings is 1. The summed E-state index contributed by atoms with van der Waals surface area (Å²) in [7, 11) is 0. The first-order valence-corrected chi connectivity index (χ1v) is 7.74. The molecule has 120 valence electrons. The van der Waals surface area contributed by atoms with Crippen LogP contribution in [-0.4, -0.2) is 35.7 Å². The van der Waals surface area contributed by atoms with Crippen molar-refractivity contribution < 1.29 is 23.8 Å². The number of carbonyl (C=O) groups is 2. The van der Waals surface area contributed by atoms with E-state index in [2.05, 4.69) is 21.2 Å². The van der Waals surface area contributed by atoms with Gasteiger partial charge < -0.3 is 15.2 Å². The lowest BCUT2D eigenvalue weighted by molar-refractivity contribution is -0.140. The molecule has 2 N–H and O–H groups in total. The van der Waals surface area contributed by atoms with Crippen LogP contribution in [0, 0.1) is 5.82 Å². The number of hydrogen-bond acceptors (Lipinski definition) is 3. The molecular formula is C15H17BrFNO4. The largest absolute Gasteiger partial charge is 0.481 e. The highest BCUT2D eigenvalue weighted by Gasteiger charge is 2.36. The average Bonchev–Trinajstić information content (AvgIpc) is 2.42. The van der Waals surface area contributed by atoms with E-state index in [9.17, 15) is 14.0 Å². The van der Waals surface area contributed by atoms with Crippen LogP contribution in [0.5, 0.6) is 0 Å². The van der Waals surface area contributed by atoms with Crippen LogP contribution < -0.4 is 5.32 Å². The average molecular weight is 374 g/mol. The summed E-state index contributed by atoms with van der Waals surface area (Å²) in [5.41, 5.74) is -0.110. The quantitative estimate of drug-likeness (QED) is 0.829. The van der Waals surface area contributed by atoms with Crippen LogP contribution in [0.2, 0.25) is 0 Å². The Bertz CT molecular complexity index is 573. The molecule has 1 aromatic carbocycles. The van der Waals surface area contributed by atoms with Gasteiger partial charge in [-0.05, 0) is 46.5 Å². The van der Waals surface area contributed by atoms with Gasteiger partial charge in [0, 0.05) is 13.2 Å². The van der Waals surface area contributed by atoms with E-state index in [0.717, 1.165) is 0 Å². The normalized spacial score (nSPS) is 17.0. The number of amides is 1. The fourth-order valence-corrected chi connectivity index (χ4v) is 3.00. The van der Waals surface area contributed by atoms with E-state index in [1.165, 1.54) is 12.1 Å². The van der Waals surface area contributed by atoms with Crippen LogP contribution >= 0.6 is 15.9 Å². The van der Waals surface area contributed by atoms with Crippen LogP contribution in [0.3, 0.4) is 0 Å². The number of halogens is 2. The van der Waals surface area contributed by atoms with Crippen LogP contribution in [0.4, 0.5) is 4.39 Å². The predicted octanol–water partition coefficient (Wildman–Crippen LogP) is 2.27. The van der Waals surface area contributed by atoms with Gasteiger partial charge in [-0.1, -0.05) is 6.07 Å². The van der Waals surface area contributed by atoms with Crippen molar-refractivity contribution in [1.82, 2.24) is 5.32 Å².